The van der Waals surface area contributed by atoms with Crippen molar-refractivity contribution in [3.05, 3.63) is 12.1 Å². The van der Waals surface area contributed by atoms with E-state index in [-0.39, 0.29) is 5.92 Å². The van der Waals surface area contributed by atoms with E-state index in [1.54, 1.807) is 12.1 Å². The van der Waals surface area contributed by atoms with Crippen molar-refractivity contribution in [3.8, 4) is 5.88 Å². The zero-order valence-corrected chi connectivity index (χ0v) is 9.90. The zero-order chi connectivity index (χ0) is 12.1. The molecule has 0 saturated carbocycles. The van der Waals surface area contributed by atoms with Crippen LogP contribution >= 0.6 is 0 Å². The van der Waals surface area contributed by atoms with Gasteiger partial charge < -0.3 is 20.9 Å². The number of anilines is 2. The molecule has 5 nitrogen and oxygen atoms in total. The summed E-state index contributed by atoms with van der Waals surface area (Å²) in [5, 5.41) is 12.7. The summed E-state index contributed by atoms with van der Waals surface area (Å²) in [6, 6.07) is 3.47. The van der Waals surface area contributed by atoms with Gasteiger partial charge in [-0.25, -0.2) is 0 Å². The smallest absolute Gasteiger partial charge is 0.238 e. The van der Waals surface area contributed by atoms with E-state index in [9.17, 15) is 5.11 Å². The Morgan fingerprint density at radius 3 is 2.75 bits per heavy atom. The molecule has 0 fully saturated rings. The van der Waals surface area contributed by atoms with Crippen molar-refractivity contribution in [1.29, 1.82) is 0 Å². The number of aliphatic hydroxyl groups is 1. The molecular formula is C11H19N3O2. The quantitative estimate of drug-likeness (QED) is 0.699. The first kappa shape index (κ1) is 12.6. The number of rotatable bonds is 5. The summed E-state index contributed by atoms with van der Waals surface area (Å²) in [7, 11) is 1.52. The van der Waals surface area contributed by atoms with E-state index in [0.29, 0.717) is 23.9 Å². The number of nitrogens with zero attached hydrogens (tertiary/aromatic N) is 1. The molecule has 0 bridgehead atoms. The van der Waals surface area contributed by atoms with Gasteiger partial charge in [0.25, 0.3) is 0 Å². The lowest BCUT2D eigenvalue weighted by molar-refractivity contribution is 0.138. The van der Waals surface area contributed by atoms with Crippen LogP contribution in [0.5, 0.6) is 5.88 Å². The molecule has 0 saturated heterocycles. The minimum Gasteiger partial charge on any atom is -0.479 e. The molecule has 1 unspecified atom stereocenters. The molecule has 0 aromatic carbocycles. The third-order valence-electron chi connectivity index (χ3n) is 2.34. The Balaban J connectivity index is 2.61. The lowest BCUT2D eigenvalue weighted by atomic mass is 10.1. The van der Waals surface area contributed by atoms with Gasteiger partial charge in [0, 0.05) is 6.54 Å². The second kappa shape index (κ2) is 5.55. The van der Waals surface area contributed by atoms with Crippen LogP contribution in [0.25, 0.3) is 0 Å². The molecule has 16 heavy (non-hydrogen) atoms. The topological polar surface area (TPSA) is 80.4 Å². The number of aliphatic hydroxyl groups excluding tert-OH is 1. The molecular weight excluding hydrogens is 206 g/mol. The lowest BCUT2D eigenvalue weighted by Gasteiger charge is -2.15. The summed E-state index contributed by atoms with van der Waals surface area (Å²) >= 11 is 0. The summed E-state index contributed by atoms with van der Waals surface area (Å²) in [5.74, 6) is 1.25. The Labute approximate surface area is 95.6 Å². The molecule has 0 amide bonds. The minimum absolute atomic E-state index is 0.211. The molecule has 1 heterocycles. The van der Waals surface area contributed by atoms with Gasteiger partial charge in [-0.1, -0.05) is 13.8 Å². The molecule has 0 radical (unpaired) electrons. The zero-order valence-electron chi connectivity index (χ0n) is 9.90. The van der Waals surface area contributed by atoms with Crippen LogP contribution in [0.1, 0.15) is 13.8 Å². The molecule has 0 aliphatic rings. The predicted octanol–water partition coefficient (Wildman–Crippen LogP) is 1.10. The summed E-state index contributed by atoms with van der Waals surface area (Å²) in [6.45, 7) is 4.38. The van der Waals surface area contributed by atoms with Gasteiger partial charge in [0.05, 0.1) is 18.9 Å². The van der Waals surface area contributed by atoms with Gasteiger partial charge >= 0.3 is 0 Å². The van der Waals surface area contributed by atoms with Crippen molar-refractivity contribution in [1.82, 2.24) is 4.98 Å². The first-order valence-electron chi connectivity index (χ1n) is 5.27. The van der Waals surface area contributed by atoms with Gasteiger partial charge in [-0.05, 0) is 18.1 Å². The van der Waals surface area contributed by atoms with E-state index in [2.05, 4.69) is 10.3 Å². The minimum atomic E-state index is -0.398. The molecule has 1 aromatic rings. The first-order chi connectivity index (χ1) is 7.54. The summed E-state index contributed by atoms with van der Waals surface area (Å²) in [6.07, 6.45) is -0.398. The second-order valence-electron chi connectivity index (χ2n) is 3.99. The number of hydrogen-bond donors (Lipinski definition) is 3. The largest absolute Gasteiger partial charge is 0.479 e. The molecule has 4 N–H and O–H groups in total. The fraction of sp³-hybridized carbons (Fsp3) is 0.545. The van der Waals surface area contributed by atoms with E-state index >= 15 is 0 Å². The molecule has 1 aromatic heterocycles. The van der Waals surface area contributed by atoms with Gasteiger partial charge in [-0.3, -0.25) is 0 Å². The van der Waals surface area contributed by atoms with Crippen LogP contribution < -0.4 is 15.8 Å². The summed E-state index contributed by atoms with van der Waals surface area (Å²) in [5.41, 5.74) is 6.14. The average Bonchev–Trinajstić information content (AvgIpc) is 2.27. The Morgan fingerprint density at radius 2 is 2.19 bits per heavy atom. The molecule has 1 atom stereocenters. The Bertz CT molecular complexity index is 342. The van der Waals surface area contributed by atoms with Crippen LogP contribution in [0.2, 0.25) is 0 Å². The molecule has 0 spiro atoms. The third-order valence-corrected chi connectivity index (χ3v) is 2.34. The monoisotopic (exact) mass is 225 g/mol. The second-order valence-corrected chi connectivity index (χ2v) is 3.99. The average molecular weight is 225 g/mol. The van der Waals surface area contributed by atoms with Crippen molar-refractivity contribution < 1.29 is 9.84 Å². The van der Waals surface area contributed by atoms with Crippen LogP contribution in [0.15, 0.2) is 12.1 Å². The number of nitrogen functional groups attached to an aromatic ring is 1. The van der Waals surface area contributed by atoms with Crippen LogP contribution in [-0.2, 0) is 0 Å². The summed E-state index contributed by atoms with van der Waals surface area (Å²) in [4.78, 5) is 4.15. The molecule has 1 rings (SSSR count). The summed E-state index contributed by atoms with van der Waals surface area (Å²) < 4.78 is 5.00. The maximum Gasteiger partial charge on any atom is 0.238 e. The van der Waals surface area contributed by atoms with Crippen LogP contribution in [0, 0.1) is 5.92 Å². The van der Waals surface area contributed by atoms with E-state index < -0.39 is 6.10 Å². The van der Waals surface area contributed by atoms with E-state index in [1.165, 1.54) is 7.11 Å². The number of nitrogens with one attached hydrogen (secondary N) is 1. The molecule has 5 heteroatoms. The van der Waals surface area contributed by atoms with E-state index in [1.807, 2.05) is 13.8 Å². The Morgan fingerprint density at radius 1 is 1.50 bits per heavy atom. The van der Waals surface area contributed by atoms with Crippen molar-refractivity contribution >= 4 is 11.5 Å². The Kier molecular flexibility index (Phi) is 4.37. The lowest BCUT2D eigenvalue weighted by Crippen LogP contribution is -2.25. The molecule has 0 aliphatic heterocycles. The van der Waals surface area contributed by atoms with Gasteiger partial charge in [0.1, 0.15) is 5.82 Å². The van der Waals surface area contributed by atoms with Gasteiger partial charge in [0.15, 0.2) is 0 Å². The number of nitrogens with two attached hydrogens (primary N) is 1. The van der Waals surface area contributed by atoms with Crippen LogP contribution in [-0.4, -0.2) is 29.8 Å². The van der Waals surface area contributed by atoms with Gasteiger partial charge in [-0.2, -0.15) is 4.98 Å². The number of ether oxygens (including phenoxy) is 1. The molecule has 0 aliphatic carbocycles. The van der Waals surface area contributed by atoms with E-state index in [0.717, 1.165) is 0 Å². The van der Waals surface area contributed by atoms with Crippen molar-refractivity contribution in [2.24, 2.45) is 5.92 Å². The highest BCUT2D eigenvalue weighted by atomic mass is 16.5. The van der Waals surface area contributed by atoms with Gasteiger partial charge in [-0.15, -0.1) is 0 Å². The maximum atomic E-state index is 9.62. The standard InChI is InChI=1S/C11H19N3O2/c1-7(2)9(15)6-13-10-5-4-8(12)11(14-10)16-3/h4-5,7,9,15H,6,12H2,1-3H3,(H,13,14). The highest BCUT2D eigenvalue weighted by Crippen LogP contribution is 2.20. The number of aromatic nitrogens is 1. The highest BCUT2D eigenvalue weighted by molar-refractivity contribution is 5.53. The fourth-order valence-electron chi connectivity index (χ4n) is 1.16. The molecule has 90 valence electrons. The van der Waals surface area contributed by atoms with Crippen molar-refractivity contribution in [3.63, 3.8) is 0 Å². The highest BCUT2D eigenvalue weighted by Gasteiger charge is 2.09. The van der Waals surface area contributed by atoms with Crippen LogP contribution in [0.3, 0.4) is 0 Å². The fourth-order valence-corrected chi connectivity index (χ4v) is 1.16. The third kappa shape index (κ3) is 3.27. The predicted molar refractivity (Wildman–Crippen MR) is 64.5 cm³/mol. The number of methoxy groups -OCH3 is 1. The van der Waals surface area contributed by atoms with Gasteiger partial charge in [0.2, 0.25) is 5.88 Å². The normalized spacial score (nSPS) is 12.6. The number of pyridine rings is 1. The van der Waals surface area contributed by atoms with Crippen molar-refractivity contribution in [2.75, 3.05) is 24.7 Å². The first-order valence-corrected chi connectivity index (χ1v) is 5.27. The van der Waals surface area contributed by atoms with Crippen LogP contribution in [0.4, 0.5) is 11.5 Å². The van der Waals surface area contributed by atoms with Crippen molar-refractivity contribution in [2.45, 2.75) is 20.0 Å². The number of hydrogen-bond acceptors (Lipinski definition) is 5. The van der Waals surface area contributed by atoms with E-state index in [4.69, 9.17) is 10.5 Å². The SMILES string of the molecule is COc1nc(NCC(O)C(C)C)ccc1N. The Hall–Kier alpha value is -1.49. The maximum absolute atomic E-state index is 9.62.